The molecule has 140 valence electrons. The van der Waals surface area contributed by atoms with Crippen LogP contribution in [0.1, 0.15) is 49.7 Å². The normalized spacial score (nSPS) is 31.7. The number of hydrogen-bond donors (Lipinski definition) is 1. The Morgan fingerprint density at radius 2 is 1.63 bits per heavy atom. The van der Waals surface area contributed by atoms with Crippen LogP contribution in [0, 0.1) is 17.8 Å². The smallest absolute Gasteiger partial charge is 0.124 e. The van der Waals surface area contributed by atoms with Gasteiger partial charge in [0.15, 0.2) is 0 Å². The monoisotopic (exact) mass is 399 g/mol. The molecule has 4 saturated carbocycles. The Kier molecular flexibility index (Phi) is 4.25. The Morgan fingerprint density at radius 1 is 0.963 bits per heavy atom. The Balaban J connectivity index is 1.49. The fourth-order valence-electron chi connectivity index (χ4n) is 6.18. The van der Waals surface area contributed by atoms with Crippen molar-refractivity contribution in [2.24, 2.45) is 22.7 Å². The molecule has 0 atom stereocenters. The molecule has 0 unspecified atom stereocenters. The van der Waals surface area contributed by atoms with Gasteiger partial charge in [0, 0.05) is 11.8 Å². The quantitative estimate of drug-likeness (QED) is 0.558. The zero-order valence-corrected chi connectivity index (χ0v) is 16.7. The van der Waals surface area contributed by atoms with Crippen molar-refractivity contribution in [3.05, 3.63) is 57.6 Å². The van der Waals surface area contributed by atoms with Crippen molar-refractivity contribution in [1.82, 2.24) is 0 Å². The summed E-state index contributed by atoms with van der Waals surface area (Å²) in [5.74, 6) is 2.94. The van der Waals surface area contributed by atoms with Crippen LogP contribution in [-0.2, 0) is 5.41 Å². The summed E-state index contributed by atoms with van der Waals surface area (Å²) in [5, 5.41) is 11.3. The van der Waals surface area contributed by atoms with E-state index in [9.17, 15) is 5.11 Å². The molecule has 4 fully saturated rings. The third-order valence-corrected chi connectivity index (χ3v) is 7.76. The number of aromatic hydroxyl groups is 1. The van der Waals surface area contributed by atoms with E-state index >= 15 is 0 Å². The summed E-state index contributed by atoms with van der Waals surface area (Å²) in [5.41, 5.74) is 3.04. The van der Waals surface area contributed by atoms with Gasteiger partial charge in [-0.05, 0) is 91.5 Å². The number of rotatable bonds is 3. The number of hydrogen-bond acceptors (Lipinski definition) is 2. The van der Waals surface area contributed by atoms with Gasteiger partial charge in [0.25, 0.3) is 0 Å². The van der Waals surface area contributed by atoms with Gasteiger partial charge in [-0.2, -0.15) is 0 Å². The Hall–Kier alpha value is -1.51. The summed E-state index contributed by atoms with van der Waals surface area (Å²) < 4.78 is 0. The molecule has 0 amide bonds. The molecule has 0 radical (unpaired) electrons. The standard InChI is InChI=1S/C23H23Cl2NO/c24-19-2-1-3-20(22(19)25)26-13-17-9-18(4-5-21(17)27)23-10-14-6-15(11-23)8-16(7-14)12-23/h1-5,9,13-16,27H,6-8,10-12H2. The van der Waals surface area contributed by atoms with Crippen LogP contribution in [0.3, 0.4) is 0 Å². The van der Waals surface area contributed by atoms with Gasteiger partial charge in [0.2, 0.25) is 0 Å². The Bertz CT molecular complexity index is 885. The lowest BCUT2D eigenvalue weighted by molar-refractivity contribution is -0.00520. The predicted octanol–water partition coefficient (Wildman–Crippen LogP) is 6.92. The third kappa shape index (κ3) is 3.07. The van der Waals surface area contributed by atoms with Crippen molar-refractivity contribution in [3.63, 3.8) is 0 Å². The van der Waals surface area contributed by atoms with E-state index in [4.69, 9.17) is 23.2 Å². The van der Waals surface area contributed by atoms with E-state index in [1.807, 2.05) is 18.2 Å². The first kappa shape index (κ1) is 17.6. The topological polar surface area (TPSA) is 32.6 Å². The first-order valence-corrected chi connectivity index (χ1v) is 10.6. The van der Waals surface area contributed by atoms with Crippen molar-refractivity contribution >= 4 is 35.1 Å². The molecule has 2 nitrogen and oxygen atoms in total. The van der Waals surface area contributed by atoms with Crippen molar-refractivity contribution in [2.45, 2.75) is 43.9 Å². The number of phenolic OH excluding ortho intramolecular Hbond substituents is 1. The molecule has 4 aliphatic rings. The maximum absolute atomic E-state index is 10.4. The van der Waals surface area contributed by atoms with Crippen LogP contribution >= 0.6 is 23.2 Å². The summed E-state index contributed by atoms with van der Waals surface area (Å²) in [4.78, 5) is 4.48. The lowest BCUT2D eigenvalue weighted by atomic mass is 9.48. The maximum atomic E-state index is 10.4. The first-order chi connectivity index (χ1) is 13.0. The molecule has 4 aliphatic carbocycles. The second-order valence-corrected chi connectivity index (χ2v) is 9.59. The van der Waals surface area contributed by atoms with Crippen LogP contribution in [0.15, 0.2) is 41.4 Å². The van der Waals surface area contributed by atoms with Crippen LogP contribution < -0.4 is 0 Å². The molecule has 2 aromatic carbocycles. The molecule has 0 spiro atoms. The fourth-order valence-corrected chi connectivity index (χ4v) is 6.53. The van der Waals surface area contributed by atoms with E-state index in [1.165, 1.54) is 44.1 Å². The molecule has 0 saturated heterocycles. The van der Waals surface area contributed by atoms with Crippen LogP contribution in [0.5, 0.6) is 5.75 Å². The van der Waals surface area contributed by atoms with Gasteiger partial charge in [-0.3, -0.25) is 4.99 Å². The first-order valence-electron chi connectivity index (χ1n) is 9.84. The van der Waals surface area contributed by atoms with Gasteiger partial charge in [-0.15, -0.1) is 0 Å². The third-order valence-electron chi connectivity index (χ3n) is 6.95. The molecular formula is C23H23Cl2NO. The van der Waals surface area contributed by atoms with E-state index in [0.29, 0.717) is 21.1 Å². The van der Waals surface area contributed by atoms with Crippen molar-refractivity contribution in [1.29, 1.82) is 0 Å². The number of nitrogens with zero attached hydrogens (tertiary/aromatic N) is 1. The molecule has 6 rings (SSSR count). The van der Waals surface area contributed by atoms with Crippen molar-refractivity contribution in [2.75, 3.05) is 0 Å². The zero-order valence-electron chi connectivity index (χ0n) is 15.2. The second kappa shape index (κ2) is 6.53. The molecule has 4 bridgehead atoms. The van der Waals surface area contributed by atoms with Crippen LogP contribution in [0.25, 0.3) is 0 Å². The van der Waals surface area contributed by atoms with Gasteiger partial charge in [0.1, 0.15) is 5.75 Å². The SMILES string of the molecule is Oc1ccc(C23CC4CC(CC(C4)C2)C3)cc1C=Nc1cccc(Cl)c1Cl. The summed E-state index contributed by atoms with van der Waals surface area (Å²) in [6, 6.07) is 11.5. The molecule has 0 aromatic heterocycles. The van der Waals surface area contributed by atoms with Crippen molar-refractivity contribution in [3.8, 4) is 5.75 Å². The fraction of sp³-hybridized carbons (Fsp3) is 0.435. The molecule has 4 heteroatoms. The highest BCUT2D eigenvalue weighted by molar-refractivity contribution is 6.43. The lowest BCUT2D eigenvalue weighted by Crippen LogP contribution is -2.48. The summed E-state index contributed by atoms with van der Waals surface area (Å²) in [6.45, 7) is 0. The summed E-state index contributed by atoms with van der Waals surface area (Å²) in [7, 11) is 0. The van der Waals surface area contributed by atoms with Crippen LogP contribution in [-0.4, -0.2) is 11.3 Å². The molecule has 1 N–H and O–H groups in total. The van der Waals surface area contributed by atoms with Crippen LogP contribution in [0.2, 0.25) is 10.0 Å². The number of halogens is 2. The molecule has 27 heavy (non-hydrogen) atoms. The predicted molar refractivity (Wildman–Crippen MR) is 112 cm³/mol. The van der Waals surface area contributed by atoms with E-state index in [2.05, 4.69) is 17.1 Å². The van der Waals surface area contributed by atoms with E-state index in [0.717, 1.165) is 23.3 Å². The average Bonchev–Trinajstić information content (AvgIpc) is 2.63. The molecule has 0 aliphatic heterocycles. The van der Waals surface area contributed by atoms with Gasteiger partial charge in [0.05, 0.1) is 15.7 Å². The highest BCUT2D eigenvalue weighted by atomic mass is 35.5. The minimum absolute atomic E-state index is 0.255. The van der Waals surface area contributed by atoms with Gasteiger partial charge in [-0.1, -0.05) is 35.3 Å². The lowest BCUT2D eigenvalue weighted by Gasteiger charge is -2.57. The molecule has 2 aromatic rings. The number of phenols is 1. The van der Waals surface area contributed by atoms with E-state index in [1.54, 1.807) is 12.3 Å². The highest BCUT2D eigenvalue weighted by Crippen LogP contribution is 2.60. The van der Waals surface area contributed by atoms with E-state index < -0.39 is 0 Å². The van der Waals surface area contributed by atoms with E-state index in [-0.39, 0.29) is 5.75 Å². The number of benzene rings is 2. The minimum Gasteiger partial charge on any atom is -0.507 e. The second-order valence-electron chi connectivity index (χ2n) is 8.80. The zero-order chi connectivity index (χ0) is 18.6. The highest BCUT2D eigenvalue weighted by Gasteiger charge is 2.51. The minimum atomic E-state index is 0.255. The van der Waals surface area contributed by atoms with Crippen LogP contribution in [0.4, 0.5) is 5.69 Å². The Morgan fingerprint density at radius 3 is 2.30 bits per heavy atom. The number of aliphatic imine (C=N–C) groups is 1. The summed E-state index contributed by atoms with van der Waals surface area (Å²) in [6.07, 6.45) is 9.91. The largest absolute Gasteiger partial charge is 0.507 e. The molecule has 0 heterocycles. The average molecular weight is 400 g/mol. The van der Waals surface area contributed by atoms with Gasteiger partial charge in [-0.25, -0.2) is 0 Å². The van der Waals surface area contributed by atoms with Crippen molar-refractivity contribution < 1.29 is 5.11 Å². The summed E-state index contributed by atoms with van der Waals surface area (Å²) >= 11 is 12.3. The Labute approximate surface area is 170 Å². The maximum Gasteiger partial charge on any atom is 0.124 e. The van der Waals surface area contributed by atoms with Gasteiger partial charge < -0.3 is 5.11 Å². The van der Waals surface area contributed by atoms with Gasteiger partial charge >= 0.3 is 0 Å². The molecular weight excluding hydrogens is 377 g/mol.